The van der Waals surface area contributed by atoms with E-state index in [0.29, 0.717) is 18.5 Å². The quantitative estimate of drug-likeness (QED) is 0.431. The number of ether oxygens (including phenoxy) is 1. The predicted molar refractivity (Wildman–Crippen MR) is 157 cm³/mol. The highest BCUT2D eigenvalue weighted by atomic mass is 28.4. The number of morpholine rings is 1. The molecule has 39 heavy (non-hydrogen) atoms. The summed E-state index contributed by atoms with van der Waals surface area (Å²) in [7, 11) is -1.99. The number of aromatic nitrogens is 2. The molecule has 1 N–H and O–H groups in total. The zero-order valence-electron chi connectivity index (χ0n) is 24.2. The van der Waals surface area contributed by atoms with Crippen LogP contribution in [0.4, 0.5) is 23.0 Å². The van der Waals surface area contributed by atoms with Crippen molar-refractivity contribution in [2.75, 3.05) is 41.4 Å². The van der Waals surface area contributed by atoms with Gasteiger partial charge in [-0.15, -0.1) is 0 Å². The zero-order chi connectivity index (χ0) is 27.4. The molecule has 1 aromatic heterocycles. The fraction of sp³-hybridized carbons (Fsp3) is 0.633. The first-order valence-corrected chi connectivity index (χ1v) is 17.6. The third-order valence-corrected chi connectivity index (χ3v) is 13.9. The van der Waals surface area contributed by atoms with Gasteiger partial charge in [0.05, 0.1) is 36.5 Å². The topological polar surface area (TPSA) is 79.8 Å². The van der Waals surface area contributed by atoms with E-state index >= 15 is 0 Å². The highest BCUT2D eigenvalue weighted by Crippen LogP contribution is 2.55. The van der Waals surface area contributed by atoms with Crippen molar-refractivity contribution in [3.8, 4) is 0 Å². The third kappa shape index (κ3) is 4.87. The molecule has 1 amide bonds. The lowest BCUT2D eigenvalue weighted by Gasteiger charge is -2.36. The lowest BCUT2D eigenvalue weighted by atomic mass is 9.80. The fourth-order valence-corrected chi connectivity index (χ4v) is 6.80. The first kappa shape index (κ1) is 26.7. The van der Waals surface area contributed by atoms with Gasteiger partial charge in [-0.05, 0) is 68.1 Å². The predicted octanol–water partition coefficient (Wildman–Crippen LogP) is 5.90. The van der Waals surface area contributed by atoms with Gasteiger partial charge in [0.2, 0.25) is 5.91 Å². The molecule has 210 valence electrons. The van der Waals surface area contributed by atoms with Crippen molar-refractivity contribution in [3.05, 3.63) is 35.7 Å². The van der Waals surface area contributed by atoms with Crippen LogP contribution in [-0.2, 0) is 26.0 Å². The molecule has 4 aliphatic rings. The molecule has 2 aliphatic heterocycles. The minimum absolute atomic E-state index is 0.0942. The average molecular weight is 550 g/mol. The Balaban J connectivity index is 1.40. The van der Waals surface area contributed by atoms with Crippen molar-refractivity contribution in [1.29, 1.82) is 0 Å². The molecule has 2 aliphatic carbocycles. The van der Waals surface area contributed by atoms with Crippen LogP contribution < -0.4 is 15.1 Å². The Morgan fingerprint density at radius 3 is 2.31 bits per heavy atom. The van der Waals surface area contributed by atoms with Crippen LogP contribution in [0.1, 0.15) is 70.7 Å². The summed E-state index contributed by atoms with van der Waals surface area (Å²) in [5.41, 5.74) is 2.49. The molecular formula is C30H43N5O3Si. The van der Waals surface area contributed by atoms with Crippen LogP contribution in [0.15, 0.2) is 24.3 Å². The summed E-state index contributed by atoms with van der Waals surface area (Å²) in [4.78, 5) is 28.7. The molecule has 3 fully saturated rings. The van der Waals surface area contributed by atoms with E-state index in [2.05, 4.69) is 68.3 Å². The summed E-state index contributed by atoms with van der Waals surface area (Å²) in [6.07, 6.45) is 6.08. The lowest BCUT2D eigenvalue weighted by molar-refractivity contribution is -0.122. The van der Waals surface area contributed by atoms with Gasteiger partial charge < -0.3 is 19.4 Å². The number of benzene rings is 1. The van der Waals surface area contributed by atoms with E-state index in [0.717, 1.165) is 93.4 Å². The number of amides is 1. The number of nitrogens with zero attached hydrogens (tertiary/aromatic N) is 4. The fourth-order valence-electron chi connectivity index (χ4n) is 5.88. The van der Waals surface area contributed by atoms with Crippen LogP contribution in [0, 0.1) is 0 Å². The molecule has 0 unspecified atom stereocenters. The average Bonchev–Trinajstić information content (AvgIpc) is 3.52. The normalized spacial score (nSPS) is 21.1. The Hall–Kier alpha value is -2.49. The van der Waals surface area contributed by atoms with Gasteiger partial charge in [0, 0.05) is 24.8 Å². The number of hydrogen-bond acceptors (Lipinski definition) is 7. The van der Waals surface area contributed by atoms with Crippen LogP contribution in [0.2, 0.25) is 18.1 Å². The summed E-state index contributed by atoms with van der Waals surface area (Å²) >= 11 is 0. The van der Waals surface area contributed by atoms with Crippen molar-refractivity contribution in [1.82, 2.24) is 9.97 Å². The monoisotopic (exact) mass is 549 g/mol. The summed E-state index contributed by atoms with van der Waals surface area (Å²) in [6.45, 7) is 14.9. The van der Waals surface area contributed by atoms with Crippen molar-refractivity contribution in [2.45, 2.75) is 95.5 Å². The molecule has 0 radical (unpaired) electrons. The SMILES string of the molecule is CC(C)(C)[Si](C)(C)OCc1nc(NC2CC2)c2c(n1)N(c1ccc(N3CCOCC3)cc1)C(=O)C21CCCC1. The summed E-state index contributed by atoms with van der Waals surface area (Å²) in [5.74, 6) is 2.39. The van der Waals surface area contributed by atoms with Crippen LogP contribution in [-0.4, -0.2) is 56.5 Å². The Kier molecular flexibility index (Phi) is 6.75. The molecule has 6 rings (SSSR count). The van der Waals surface area contributed by atoms with Gasteiger partial charge in [-0.3, -0.25) is 9.69 Å². The zero-order valence-corrected chi connectivity index (χ0v) is 25.2. The lowest BCUT2D eigenvalue weighted by Crippen LogP contribution is -2.40. The highest BCUT2D eigenvalue weighted by molar-refractivity contribution is 6.74. The van der Waals surface area contributed by atoms with E-state index in [1.54, 1.807) is 0 Å². The molecule has 0 bridgehead atoms. The molecule has 2 saturated carbocycles. The van der Waals surface area contributed by atoms with Crippen molar-refractivity contribution in [2.24, 2.45) is 0 Å². The minimum Gasteiger partial charge on any atom is -0.409 e. The Morgan fingerprint density at radius 1 is 1.05 bits per heavy atom. The Morgan fingerprint density at radius 2 is 1.69 bits per heavy atom. The van der Waals surface area contributed by atoms with E-state index in [-0.39, 0.29) is 10.9 Å². The van der Waals surface area contributed by atoms with Gasteiger partial charge in [0.1, 0.15) is 11.6 Å². The Bertz CT molecular complexity index is 1230. The van der Waals surface area contributed by atoms with E-state index < -0.39 is 13.7 Å². The van der Waals surface area contributed by atoms with E-state index in [1.807, 2.05) is 4.90 Å². The number of rotatable bonds is 7. The van der Waals surface area contributed by atoms with E-state index in [1.165, 1.54) is 0 Å². The minimum atomic E-state index is -1.99. The summed E-state index contributed by atoms with van der Waals surface area (Å²) < 4.78 is 12.1. The molecule has 0 atom stereocenters. The standard InChI is InChI=1S/C30H43N5O3Si/c1-29(2,3)39(4,5)38-20-24-32-26(31-21-8-9-21)25-27(33-24)35(28(36)30(25)14-6-7-15-30)23-12-10-22(11-13-23)34-16-18-37-19-17-34/h10-13,21H,6-9,14-20H2,1-5H3,(H,31,32,33). The second kappa shape index (κ2) is 9.85. The number of anilines is 4. The number of carbonyl (C=O) groups is 1. The third-order valence-electron chi connectivity index (χ3n) is 9.47. The number of carbonyl (C=O) groups excluding carboxylic acids is 1. The second-order valence-electron chi connectivity index (χ2n) is 13.2. The van der Waals surface area contributed by atoms with Crippen molar-refractivity contribution < 1.29 is 14.0 Å². The molecule has 3 heterocycles. The summed E-state index contributed by atoms with van der Waals surface area (Å²) in [6, 6.07) is 8.82. The van der Waals surface area contributed by atoms with Crippen molar-refractivity contribution in [3.63, 3.8) is 0 Å². The van der Waals surface area contributed by atoms with E-state index in [4.69, 9.17) is 19.1 Å². The molecule has 1 aromatic carbocycles. The van der Waals surface area contributed by atoms with Crippen LogP contribution in [0.25, 0.3) is 0 Å². The first-order valence-electron chi connectivity index (χ1n) is 14.7. The molecule has 8 nitrogen and oxygen atoms in total. The second-order valence-corrected chi connectivity index (χ2v) is 18.0. The van der Waals surface area contributed by atoms with Gasteiger partial charge in [-0.2, -0.15) is 0 Å². The number of hydrogen-bond donors (Lipinski definition) is 1. The molecule has 1 spiro atoms. The van der Waals surface area contributed by atoms with Crippen LogP contribution in [0.5, 0.6) is 0 Å². The van der Waals surface area contributed by atoms with E-state index in [9.17, 15) is 4.79 Å². The van der Waals surface area contributed by atoms with Crippen LogP contribution in [0.3, 0.4) is 0 Å². The molecular weight excluding hydrogens is 506 g/mol. The highest BCUT2D eigenvalue weighted by Gasteiger charge is 2.56. The summed E-state index contributed by atoms with van der Waals surface area (Å²) in [5, 5.41) is 3.78. The van der Waals surface area contributed by atoms with Crippen molar-refractivity contribution >= 4 is 37.2 Å². The molecule has 2 aromatic rings. The smallest absolute Gasteiger partial charge is 0.243 e. The first-order chi connectivity index (χ1) is 18.6. The maximum Gasteiger partial charge on any atom is 0.243 e. The largest absolute Gasteiger partial charge is 0.409 e. The van der Waals surface area contributed by atoms with Gasteiger partial charge in [0.15, 0.2) is 14.1 Å². The molecule has 9 heteroatoms. The van der Waals surface area contributed by atoms with Gasteiger partial charge in [0.25, 0.3) is 0 Å². The van der Waals surface area contributed by atoms with Gasteiger partial charge >= 0.3 is 0 Å². The van der Waals surface area contributed by atoms with Gasteiger partial charge in [-0.1, -0.05) is 33.6 Å². The van der Waals surface area contributed by atoms with Crippen LogP contribution >= 0.6 is 0 Å². The van der Waals surface area contributed by atoms with Gasteiger partial charge in [-0.25, -0.2) is 9.97 Å². The maximum absolute atomic E-state index is 14.4. The molecule has 1 saturated heterocycles. The number of fused-ring (bicyclic) bond motifs is 2. The Labute approximate surface area is 233 Å². The number of nitrogens with one attached hydrogen (secondary N) is 1. The maximum atomic E-state index is 14.4.